The summed E-state index contributed by atoms with van der Waals surface area (Å²) in [4.78, 5) is 11.7. The number of carbonyl (C=O) groups is 1. The van der Waals surface area contributed by atoms with Crippen molar-refractivity contribution < 1.29 is 23.1 Å². The molecule has 0 aliphatic carbocycles. The molecule has 6 nitrogen and oxygen atoms in total. The van der Waals surface area contributed by atoms with Crippen LogP contribution in [0.1, 0.15) is 30.1 Å². The quantitative estimate of drug-likeness (QED) is 0.839. The highest BCUT2D eigenvalue weighted by atomic mass is 32.2. The largest absolute Gasteiger partial charge is 0.462 e. The Hall–Kier alpha value is -1.44. The lowest BCUT2D eigenvalue weighted by atomic mass is 10.1. The number of aliphatic hydroxyl groups is 1. The lowest BCUT2D eigenvalue weighted by Gasteiger charge is -2.28. The molecule has 0 bridgehead atoms. The fourth-order valence-electron chi connectivity index (χ4n) is 2.21. The second-order valence-corrected chi connectivity index (χ2v) is 6.82. The van der Waals surface area contributed by atoms with Crippen LogP contribution in [0.3, 0.4) is 0 Å². The van der Waals surface area contributed by atoms with E-state index in [1.165, 1.54) is 28.6 Å². The van der Waals surface area contributed by atoms with Crippen LogP contribution in [0.5, 0.6) is 0 Å². The molecule has 2 rings (SSSR count). The molecule has 0 aromatic heterocycles. The average molecular weight is 313 g/mol. The molecule has 1 aromatic carbocycles. The van der Waals surface area contributed by atoms with E-state index in [4.69, 9.17) is 4.74 Å². The van der Waals surface area contributed by atoms with Crippen molar-refractivity contribution in [1.29, 1.82) is 0 Å². The van der Waals surface area contributed by atoms with Gasteiger partial charge >= 0.3 is 5.97 Å². The third-order valence-corrected chi connectivity index (χ3v) is 5.34. The maximum absolute atomic E-state index is 12.4. The zero-order valence-corrected chi connectivity index (χ0v) is 12.7. The van der Waals surface area contributed by atoms with Crippen LogP contribution in [0.2, 0.25) is 0 Å². The fourth-order valence-corrected chi connectivity index (χ4v) is 3.68. The minimum absolute atomic E-state index is 0.145. The standard InChI is InChI=1S/C14H19NO5S/c1-2-20-14(17)11-3-5-13(6-4-11)21(18,19)15-9-7-12(16)8-10-15/h3-6,12,16H,2,7-10H2,1H3. The van der Waals surface area contributed by atoms with Gasteiger partial charge in [-0.2, -0.15) is 4.31 Å². The number of sulfonamides is 1. The highest BCUT2D eigenvalue weighted by Crippen LogP contribution is 2.21. The summed E-state index contributed by atoms with van der Waals surface area (Å²) >= 11 is 0. The first-order chi connectivity index (χ1) is 9.95. The van der Waals surface area contributed by atoms with Crippen LogP contribution >= 0.6 is 0 Å². The molecule has 0 radical (unpaired) electrons. The summed E-state index contributed by atoms with van der Waals surface area (Å²) in [5.74, 6) is -0.470. The predicted molar refractivity (Wildman–Crippen MR) is 76.4 cm³/mol. The average Bonchev–Trinajstić information content (AvgIpc) is 2.48. The van der Waals surface area contributed by atoms with Crippen molar-refractivity contribution in [2.75, 3.05) is 19.7 Å². The first-order valence-electron chi connectivity index (χ1n) is 6.90. The lowest BCUT2D eigenvalue weighted by molar-refractivity contribution is 0.0526. The molecule has 1 aromatic rings. The molecular formula is C14H19NO5S. The van der Waals surface area contributed by atoms with Crippen LogP contribution in [-0.4, -0.2) is 49.6 Å². The van der Waals surface area contributed by atoms with E-state index < -0.39 is 22.1 Å². The van der Waals surface area contributed by atoms with Gasteiger partial charge in [0.15, 0.2) is 0 Å². The number of hydrogen-bond acceptors (Lipinski definition) is 5. The molecule has 116 valence electrons. The summed E-state index contributed by atoms with van der Waals surface area (Å²) in [7, 11) is -3.57. The first-order valence-corrected chi connectivity index (χ1v) is 8.34. The molecule has 1 heterocycles. The molecule has 1 N–H and O–H groups in total. The van der Waals surface area contributed by atoms with Gasteiger partial charge in [0.05, 0.1) is 23.2 Å². The van der Waals surface area contributed by atoms with Crippen molar-refractivity contribution in [2.24, 2.45) is 0 Å². The molecule has 1 aliphatic heterocycles. The van der Waals surface area contributed by atoms with Crippen molar-refractivity contribution in [3.8, 4) is 0 Å². The Morgan fingerprint density at radius 2 is 1.86 bits per heavy atom. The molecule has 1 fully saturated rings. The third kappa shape index (κ3) is 3.61. The summed E-state index contributed by atoms with van der Waals surface area (Å²) in [5, 5.41) is 9.44. The van der Waals surface area contributed by atoms with Gasteiger partial charge in [-0.15, -0.1) is 0 Å². The molecule has 21 heavy (non-hydrogen) atoms. The Kier molecular flexibility index (Phi) is 4.97. The maximum atomic E-state index is 12.4. The van der Waals surface area contributed by atoms with E-state index in [1.807, 2.05) is 0 Å². The predicted octanol–water partition coefficient (Wildman–Crippen LogP) is 1.01. The summed E-state index contributed by atoms with van der Waals surface area (Å²) in [6.45, 7) is 2.60. The lowest BCUT2D eigenvalue weighted by Crippen LogP contribution is -2.39. The van der Waals surface area contributed by atoms with Crippen molar-refractivity contribution >= 4 is 16.0 Å². The van der Waals surface area contributed by atoms with Gasteiger partial charge in [-0.05, 0) is 44.0 Å². The van der Waals surface area contributed by atoms with Crippen LogP contribution < -0.4 is 0 Å². The zero-order chi connectivity index (χ0) is 15.5. The van der Waals surface area contributed by atoms with E-state index in [1.54, 1.807) is 6.92 Å². The molecule has 1 aliphatic rings. The van der Waals surface area contributed by atoms with E-state index in [0.717, 1.165) is 0 Å². The van der Waals surface area contributed by atoms with Gasteiger partial charge in [-0.3, -0.25) is 0 Å². The fraction of sp³-hybridized carbons (Fsp3) is 0.500. The molecular weight excluding hydrogens is 294 g/mol. The third-order valence-electron chi connectivity index (χ3n) is 3.43. The van der Waals surface area contributed by atoms with Gasteiger partial charge in [0.25, 0.3) is 0 Å². The highest BCUT2D eigenvalue weighted by molar-refractivity contribution is 7.89. The number of rotatable bonds is 4. The molecule has 0 unspecified atom stereocenters. The molecule has 0 saturated carbocycles. The summed E-state index contributed by atoms with van der Waals surface area (Å²) in [5.41, 5.74) is 0.324. The Morgan fingerprint density at radius 1 is 1.29 bits per heavy atom. The van der Waals surface area contributed by atoms with E-state index in [2.05, 4.69) is 0 Å². The van der Waals surface area contributed by atoms with Crippen LogP contribution in [0, 0.1) is 0 Å². The number of ether oxygens (including phenoxy) is 1. The van der Waals surface area contributed by atoms with Gasteiger partial charge in [-0.1, -0.05) is 0 Å². The topological polar surface area (TPSA) is 83.9 Å². The van der Waals surface area contributed by atoms with E-state index in [9.17, 15) is 18.3 Å². The van der Waals surface area contributed by atoms with Crippen molar-refractivity contribution in [2.45, 2.75) is 30.8 Å². The number of carbonyl (C=O) groups excluding carboxylic acids is 1. The highest BCUT2D eigenvalue weighted by Gasteiger charge is 2.28. The molecule has 0 amide bonds. The molecule has 1 saturated heterocycles. The second kappa shape index (κ2) is 6.55. The van der Waals surface area contributed by atoms with Gasteiger partial charge in [0.1, 0.15) is 0 Å². The van der Waals surface area contributed by atoms with Crippen molar-refractivity contribution in [1.82, 2.24) is 4.31 Å². The van der Waals surface area contributed by atoms with Gasteiger partial charge in [0, 0.05) is 13.1 Å². The smallest absolute Gasteiger partial charge is 0.338 e. The minimum atomic E-state index is -3.57. The summed E-state index contributed by atoms with van der Waals surface area (Å²) in [6, 6.07) is 5.71. The van der Waals surface area contributed by atoms with E-state index >= 15 is 0 Å². The summed E-state index contributed by atoms with van der Waals surface area (Å²) in [6.07, 6.45) is 0.461. The van der Waals surface area contributed by atoms with E-state index in [0.29, 0.717) is 31.5 Å². The number of hydrogen-bond donors (Lipinski definition) is 1. The minimum Gasteiger partial charge on any atom is -0.462 e. The van der Waals surface area contributed by atoms with Crippen LogP contribution in [0.15, 0.2) is 29.2 Å². The van der Waals surface area contributed by atoms with Crippen LogP contribution in [0.4, 0.5) is 0 Å². The maximum Gasteiger partial charge on any atom is 0.338 e. The SMILES string of the molecule is CCOC(=O)c1ccc(S(=O)(=O)N2CCC(O)CC2)cc1. The number of piperidine rings is 1. The normalized spacial score (nSPS) is 17.6. The van der Waals surface area contributed by atoms with Gasteiger partial charge in [-0.25, -0.2) is 13.2 Å². The molecule has 7 heteroatoms. The number of aliphatic hydroxyl groups excluding tert-OH is 1. The number of benzene rings is 1. The molecule has 0 spiro atoms. The zero-order valence-electron chi connectivity index (χ0n) is 11.9. The number of nitrogens with zero attached hydrogens (tertiary/aromatic N) is 1. The molecule has 0 atom stereocenters. The summed E-state index contributed by atoms with van der Waals surface area (Å²) < 4.78 is 31.1. The monoisotopic (exact) mass is 313 g/mol. The van der Waals surface area contributed by atoms with Gasteiger partial charge < -0.3 is 9.84 Å². The Balaban J connectivity index is 2.15. The van der Waals surface area contributed by atoms with Gasteiger partial charge in [0.2, 0.25) is 10.0 Å². The Bertz CT molecular complexity index is 588. The first kappa shape index (κ1) is 15.9. The van der Waals surface area contributed by atoms with E-state index in [-0.39, 0.29) is 11.5 Å². The Morgan fingerprint density at radius 3 is 2.38 bits per heavy atom. The van der Waals surface area contributed by atoms with Crippen LogP contribution in [-0.2, 0) is 14.8 Å². The number of esters is 1. The van der Waals surface area contributed by atoms with Crippen molar-refractivity contribution in [3.63, 3.8) is 0 Å². The second-order valence-electron chi connectivity index (χ2n) is 4.88. The van der Waals surface area contributed by atoms with Crippen LogP contribution in [0.25, 0.3) is 0 Å². The Labute approximate surface area is 124 Å². The van der Waals surface area contributed by atoms with Crippen molar-refractivity contribution in [3.05, 3.63) is 29.8 Å².